The molecule has 0 saturated heterocycles. The predicted octanol–water partition coefficient (Wildman–Crippen LogP) is 1.16. The molecule has 1 aromatic heterocycles. The van der Waals surface area contributed by atoms with Crippen molar-refractivity contribution >= 4 is 26.7 Å². The van der Waals surface area contributed by atoms with Gasteiger partial charge in [-0.3, -0.25) is 9.52 Å². The molecule has 1 heterocycles. The van der Waals surface area contributed by atoms with Crippen LogP contribution in [-0.2, 0) is 23.7 Å². The topological polar surface area (TPSA) is 126 Å². The first-order valence-electron chi connectivity index (χ1n) is 8.23. The fourth-order valence-electron chi connectivity index (χ4n) is 2.98. The molecule has 10 heteroatoms. The Morgan fingerprint density at radius 1 is 1.11 bits per heavy atom. The number of anilines is 1. The van der Waals surface area contributed by atoms with Crippen LogP contribution in [0.25, 0.3) is 10.8 Å². The van der Waals surface area contributed by atoms with Gasteiger partial charge in [0.25, 0.3) is 15.8 Å². The average Bonchev–Trinajstić information content (AvgIpc) is 2.63. The second-order valence-corrected chi connectivity index (χ2v) is 7.45. The second kappa shape index (κ2) is 7.49. The van der Waals surface area contributed by atoms with Crippen molar-refractivity contribution in [2.24, 2.45) is 12.2 Å². The lowest BCUT2D eigenvalue weighted by Crippen LogP contribution is -2.22. The van der Waals surface area contributed by atoms with Crippen LogP contribution in [0.1, 0.15) is 11.3 Å². The summed E-state index contributed by atoms with van der Waals surface area (Å²) in [5.41, 5.74) is 1.50. The summed E-state index contributed by atoms with van der Waals surface area (Å²) in [5.74, 6) is 0.930. The van der Waals surface area contributed by atoms with E-state index in [1.54, 1.807) is 37.4 Å². The van der Waals surface area contributed by atoms with E-state index >= 15 is 0 Å². The smallest absolute Gasteiger partial charge is 0.296 e. The summed E-state index contributed by atoms with van der Waals surface area (Å²) in [7, 11) is 0.713. The lowest BCUT2D eigenvalue weighted by atomic mass is 10.0. The summed E-state index contributed by atoms with van der Waals surface area (Å²) in [6.07, 6.45) is 0.361. The summed E-state index contributed by atoms with van der Waals surface area (Å²) in [6, 6.07) is 10.1. The van der Waals surface area contributed by atoms with Crippen molar-refractivity contribution in [3.8, 4) is 11.5 Å². The number of hydrogen-bond acceptors (Lipinski definition) is 6. The van der Waals surface area contributed by atoms with E-state index in [4.69, 9.17) is 14.6 Å². The Labute approximate surface area is 161 Å². The monoisotopic (exact) mass is 404 g/mol. The molecule has 3 aromatic rings. The number of aromatic nitrogens is 2. The van der Waals surface area contributed by atoms with E-state index in [-0.39, 0.29) is 5.56 Å². The molecule has 2 aromatic carbocycles. The van der Waals surface area contributed by atoms with Gasteiger partial charge < -0.3 is 9.47 Å². The molecule has 0 atom stereocenters. The van der Waals surface area contributed by atoms with Crippen LogP contribution >= 0.6 is 0 Å². The average molecular weight is 404 g/mol. The zero-order chi connectivity index (χ0) is 20.5. The van der Waals surface area contributed by atoms with Gasteiger partial charge >= 0.3 is 0 Å². The zero-order valence-corrected chi connectivity index (χ0v) is 16.4. The van der Waals surface area contributed by atoms with E-state index in [1.165, 1.54) is 18.9 Å². The number of hydrogen-bond donors (Lipinski definition) is 2. The first kappa shape index (κ1) is 19.6. The lowest BCUT2D eigenvalue weighted by molar-refractivity contribution is 0.355. The number of fused-ring (bicyclic) bond motifs is 1. The van der Waals surface area contributed by atoms with Gasteiger partial charge in [-0.1, -0.05) is 12.1 Å². The van der Waals surface area contributed by atoms with Crippen molar-refractivity contribution in [1.29, 1.82) is 0 Å². The van der Waals surface area contributed by atoms with Gasteiger partial charge in [0, 0.05) is 18.9 Å². The predicted molar refractivity (Wildman–Crippen MR) is 106 cm³/mol. The van der Waals surface area contributed by atoms with Crippen LogP contribution in [0, 0.1) is 0 Å². The molecule has 0 amide bonds. The van der Waals surface area contributed by atoms with Crippen LogP contribution in [0.3, 0.4) is 0 Å². The van der Waals surface area contributed by atoms with Gasteiger partial charge in [-0.15, -0.1) is 0 Å². The molecule has 28 heavy (non-hydrogen) atoms. The third-order valence-electron chi connectivity index (χ3n) is 4.19. The van der Waals surface area contributed by atoms with Gasteiger partial charge in [0.1, 0.15) is 0 Å². The number of aryl methyl sites for hydroxylation is 1. The summed E-state index contributed by atoms with van der Waals surface area (Å²) in [6.45, 7) is 0. The first-order chi connectivity index (χ1) is 13.2. The molecule has 0 aliphatic heterocycles. The Morgan fingerprint density at radius 3 is 2.36 bits per heavy atom. The number of benzene rings is 2. The van der Waals surface area contributed by atoms with Crippen molar-refractivity contribution < 1.29 is 17.9 Å². The van der Waals surface area contributed by atoms with Crippen LogP contribution in [0.15, 0.2) is 41.2 Å². The molecule has 0 unspecified atom stereocenters. The second-order valence-electron chi connectivity index (χ2n) is 6.15. The quantitative estimate of drug-likeness (QED) is 0.635. The minimum atomic E-state index is -3.87. The highest BCUT2D eigenvalue weighted by molar-refractivity contribution is 7.90. The van der Waals surface area contributed by atoms with E-state index in [1.807, 2.05) is 6.07 Å². The van der Waals surface area contributed by atoms with Crippen molar-refractivity contribution in [1.82, 2.24) is 9.78 Å². The molecular weight excluding hydrogens is 384 g/mol. The Balaban J connectivity index is 2.12. The fraction of sp³-hybridized carbons (Fsp3) is 0.222. The Kier molecular flexibility index (Phi) is 5.25. The Hall–Kier alpha value is -3.11. The molecule has 0 saturated carbocycles. The molecule has 0 bridgehead atoms. The van der Waals surface area contributed by atoms with E-state index < -0.39 is 10.2 Å². The fourth-order valence-corrected chi connectivity index (χ4v) is 3.44. The molecule has 0 fully saturated rings. The molecule has 0 aliphatic carbocycles. The number of ether oxygens (including phenoxy) is 2. The highest BCUT2D eigenvalue weighted by atomic mass is 32.2. The third kappa shape index (κ3) is 4.07. The molecule has 0 radical (unpaired) electrons. The Bertz CT molecular complexity index is 1200. The summed E-state index contributed by atoms with van der Waals surface area (Å²) >= 11 is 0. The summed E-state index contributed by atoms with van der Waals surface area (Å²) < 4.78 is 36.6. The van der Waals surface area contributed by atoms with Gasteiger partial charge in [-0.2, -0.15) is 13.5 Å². The van der Waals surface area contributed by atoms with Crippen LogP contribution in [0.2, 0.25) is 0 Å². The van der Waals surface area contributed by atoms with Crippen LogP contribution in [-0.4, -0.2) is 32.4 Å². The van der Waals surface area contributed by atoms with Crippen molar-refractivity contribution in [2.75, 3.05) is 18.9 Å². The maximum absolute atomic E-state index is 12.5. The van der Waals surface area contributed by atoms with Gasteiger partial charge in [-0.25, -0.2) is 9.82 Å². The van der Waals surface area contributed by atoms with Crippen LogP contribution in [0.5, 0.6) is 11.5 Å². The summed E-state index contributed by atoms with van der Waals surface area (Å²) in [5, 5.41) is 10.5. The SMILES string of the molecule is COc1cc2c(Cc3cccc(NS(N)(=O)=O)c3)nn(C)c(=O)c2cc1OC. The van der Waals surface area contributed by atoms with E-state index in [2.05, 4.69) is 9.82 Å². The highest BCUT2D eigenvalue weighted by Gasteiger charge is 2.15. The van der Waals surface area contributed by atoms with E-state index in [0.717, 1.165) is 5.56 Å². The van der Waals surface area contributed by atoms with Crippen molar-refractivity contribution in [3.63, 3.8) is 0 Å². The molecule has 9 nitrogen and oxygen atoms in total. The lowest BCUT2D eigenvalue weighted by Gasteiger charge is -2.13. The number of methoxy groups -OCH3 is 2. The normalized spacial score (nSPS) is 11.4. The number of nitrogens with zero attached hydrogens (tertiary/aromatic N) is 2. The molecule has 3 rings (SSSR count). The third-order valence-corrected chi connectivity index (χ3v) is 4.71. The van der Waals surface area contributed by atoms with E-state index in [9.17, 15) is 13.2 Å². The largest absolute Gasteiger partial charge is 0.493 e. The molecule has 3 N–H and O–H groups in total. The van der Waals surface area contributed by atoms with Crippen LogP contribution < -0.4 is 24.9 Å². The number of nitrogens with one attached hydrogen (secondary N) is 1. The van der Waals surface area contributed by atoms with Crippen molar-refractivity contribution in [3.05, 3.63) is 58.0 Å². The van der Waals surface area contributed by atoms with Crippen molar-refractivity contribution in [2.45, 2.75) is 6.42 Å². The molecular formula is C18H20N4O5S. The highest BCUT2D eigenvalue weighted by Crippen LogP contribution is 2.32. The summed E-state index contributed by atoms with van der Waals surface area (Å²) in [4.78, 5) is 12.5. The number of nitrogens with two attached hydrogens (primary N) is 1. The van der Waals surface area contributed by atoms with Crippen LogP contribution in [0.4, 0.5) is 5.69 Å². The van der Waals surface area contributed by atoms with Gasteiger partial charge in [-0.05, 0) is 29.8 Å². The van der Waals surface area contributed by atoms with Gasteiger partial charge in [0.15, 0.2) is 11.5 Å². The maximum Gasteiger partial charge on any atom is 0.296 e. The molecule has 0 aliphatic rings. The zero-order valence-electron chi connectivity index (χ0n) is 15.6. The minimum Gasteiger partial charge on any atom is -0.493 e. The Morgan fingerprint density at radius 2 is 1.75 bits per heavy atom. The molecule has 0 spiro atoms. The molecule has 148 valence electrons. The van der Waals surface area contributed by atoms with Gasteiger partial charge in [0.2, 0.25) is 0 Å². The van der Waals surface area contributed by atoms with E-state index in [0.29, 0.717) is 40.1 Å². The standard InChI is InChI=1S/C18H20N4O5S/c1-22-18(23)14-10-17(27-3)16(26-2)9-13(14)15(20-22)8-11-5-4-6-12(7-11)21-28(19,24)25/h4-7,9-10,21H,8H2,1-3H3,(H2,19,24,25). The number of rotatable bonds is 6. The first-order valence-corrected chi connectivity index (χ1v) is 9.78. The maximum atomic E-state index is 12.5. The van der Waals surface area contributed by atoms with Gasteiger partial charge in [0.05, 0.1) is 31.0 Å². The minimum absolute atomic E-state index is 0.260.